The highest BCUT2D eigenvalue weighted by atomic mass is 35.5. The average Bonchev–Trinajstić information content (AvgIpc) is 2.82. The third kappa shape index (κ3) is 2.84. The van der Waals surface area contributed by atoms with Crippen molar-refractivity contribution >= 4 is 34.4 Å². The Balaban J connectivity index is 1.88. The molecule has 0 bridgehead atoms. The number of aryl methyl sites for hydroxylation is 1. The van der Waals surface area contributed by atoms with E-state index in [1.165, 1.54) is 0 Å². The molecule has 0 radical (unpaired) electrons. The summed E-state index contributed by atoms with van der Waals surface area (Å²) in [6.45, 7) is 0. The fourth-order valence-corrected chi connectivity index (χ4v) is 2.87. The van der Waals surface area contributed by atoms with Crippen molar-refractivity contribution in [2.75, 3.05) is 0 Å². The lowest BCUT2D eigenvalue weighted by molar-refractivity contribution is 0.577. The number of rotatable bonds is 3. The largest absolute Gasteiger partial charge is 0.250 e. The van der Waals surface area contributed by atoms with Crippen LogP contribution in [0.15, 0.2) is 29.3 Å². The molecule has 2 aromatic heterocycles. The van der Waals surface area contributed by atoms with Crippen LogP contribution in [0.25, 0.3) is 11.0 Å². The van der Waals surface area contributed by atoms with E-state index in [0.29, 0.717) is 22.0 Å². The zero-order valence-corrected chi connectivity index (χ0v) is 12.4. The normalized spacial score (nSPS) is 11.2. The van der Waals surface area contributed by atoms with Gasteiger partial charge in [-0.15, -0.1) is 11.8 Å². The topological polar surface area (TPSA) is 43.6 Å². The Morgan fingerprint density at radius 3 is 2.90 bits per heavy atom. The summed E-state index contributed by atoms with van der Waals surface area (Å²) in [4.78, 5) is 8.68. The predicted molar refractivity (Wildman–Crippen MR) is 77.2 cm³/mol. The van der Waals surface area contributed by atoms with Crippen molar-refractivity contribution in [3.05, 3.63) is 47.0 Å². The summed E-state index contributed by atoms with van der Waals surface area (Å²) < 4.78 is 28.2. The summed E-state index contributed by atoms with van der Waals surface area (Å²) in [6.07, 6.45) is 1.58. The predicted octanol–water partition coefficient (Wildman–Crippen LogP) is 3.59. The number of fused-ring (bicyclic) bond motifs is 1. The highest BCUT2D eigenvalue weighted by Gasteiger charge is 2.11. The van der Waals surface area contributed by atoms with E-state index < -0.39 is 11.6 Å². The van der Waals surface area contributed by atoms with Crippen molar-refractivity contribution < 1.29 is 8.78 Å². The number of hydrogen-bond donors (Lipinski definition) is 0. The number of benzene rings is 1. The molecule has 0 amide bonds. The van der Waals surface area contributed by atoms with Crippen molar-refractivity contribution in [2.45, 2.75) is 10.6 Å². The molecule has 0 aliphatic heterocycles. The molecular weight excluding hydrogens is 318 g/mol. The second-order valence-electron chi connectivity index (χ2n) is 4.30. The molecule has 0 aliphatic rings. The van der Waals surface area contributed by atoms with Gasteiger partial charge in [-0.2, -0.15) is 5.10 Å². The maximum Gasteiger partial charge on any atom is 0.162 e. The third-order valence-corrected chi connectivity index (χ3v) is 4.16. The van der Waals surface area contributed by atoms with Gasteiger partial charge in [0.15, 0.2) is 5.65 Å². The monoisotopic (exact) mass is 326 g/mol. The third-order valence-electron chi connectivity index (χ3n) is 2.84. The highest BCUT2D eigenvalue weighted by Crippen LogP contribution is 2.27. The van der Waals surface area contributed by atoms with Gasteiger partial charge in [0, 0.05) is 11.9 Å². The number of thioether (sulfide) groups is 1. The molecule has 0 unspecified atom stereocenters. The number of nitrogens with zero attached hydrogens (tertiary/aromatic N) is 4. The van der Waals surface area contributed by atoms with Crippen LogP contribution in [0.3, 0.4) is 0 Å². The molecular formula is C13H9ClF2N4S. The van der Waals surface area contributed by atoms with Gasteiger partial charge in [0.25, 0.3) is 0 Å². The van der Waals surface area contributed by atoms with Crippen LogP contribution in [0.1, 0.15) is 5.82 Å². The molecule has 0 atom stereocenters. The van der Waals surface area contributed by atoms with Crippen LogP contribution >= 0.6 is 23.4 Å². The van der Waals surface area contributed by atoms with E-state index >= 15 is 0 Å². The first-order valence-electron chi connectivity index (χ1n) is 5.96. The van der Waals surface area contributed by atoms with E-state index in [0.717, 1.165) is 30.0 Å². The Hall–Kier alpha value is -1.73. The van der Waals surface area contributed by atoms with Crippen molar-refractivity contribution in [1.29, 1.82) is 0 Å². The quantitative estimate of drug-likeness (QED) is 0.545. The first-order valence-corrected chi connectivity index (χ1v) is 7.33. The van der Waals surface area contributed by atoms with Gasteiger partial charge < -0.3 is 0 Å². The van der Waals surface area contributed by atoms with Gasteiger partial charge in [0.1, 0.15) is 22.6 Å². The van der Waals surface area contributed by atoms with Gasteiger partial charge in [-0.25, -0.2) is 18.7 Å². The molecule has 8 heteroatoms. The van der Waals surface area contributed by atoms with Crippen molar-refractivity contribution in [3.8, 4) is 0 Å². The van der Waals surface area contributed by atoms with Crippen LogP contribution in [0.2, 0.25) is 5.15 Å². The zero-order chi connectivity index (χ0) is 15.0. The summed E-state index contributed by atoms with van der Waals surface area (Å²) in [7, 11) is 1.74. The Morgan fingerprint density at radius 1 is 1.29 bits per heavy atom. The van der Waals surface area contributed by atoms with E-state index in [1.807, 2.05) is 0 Å². The lowest BCUT2D eigenvalue weighted by Gasteiger charge is -2.04. The van der Waals surface area contributed by atoms with Crippen LogP contribution in [0, 0.1) is 11.6 Å². The van der Waals surface area contributed by atoms with Gasteiger partial charge in [-0.1, -0.05) is 11.6 Å². The molecule has 0 aliphatic carbocycles. The molecule has 3 rings (SSSR count). The molecule has 4 nitrogen and oxygen atoms in total. The van der Waals surface area contributed by atoms with Crippen molar-refractivity contribution in [1.82, 2.24) is 19.7 Å². The molecule has 0 spiro atoms. The van der Waals surface area contributed by atoms with Crippen molar-refractivity contribution in [2.24, 2.45) is 7.05 Å². The highest BCUT2D eigenvalue weighted by molar-refractivity contribution is 7.98. The van der Waals surface area contributed by atoms with Crippen LogP contribution in [-0.2, 0) is 12.8 Å². The number of aromatic nitrogens is 4. The van der Waals surface area contributed by atoms with Crippen LogP contribution in [0.5, 0.6) is 0 Å². The Kier molecular flexibility index (Phi) is 3.77. The van der Waals surface area contributed by atoms with E-state index in [9.17, 15) is 8.78 Å². The van der Waals surface area contributed by atoms with Gasteiger partial charge in [-0.05, 0) is 18.2 Å². The van der Waals surface area contributed by atoms with Crippen LogP contribution in [-0.4, -0.2) is 19.7 Å². The molecule has 108 valence electrons. The molecule has 2 heterocycles. The number of halogens is 3. The average molecular weight is 327 g/mol. The minimum absolute atomic E-state index is 0.208. The van der Waals surface area contributed by atoms with Gasteiger partial charge >= 0.3 is 0 Å². The molecule has 0 N–H and O–H groups in total. The minimum atomic E-state index is -0.486. The smallest absolute Gasteiger partial charge is 0.162 e. The maximum atomic E-state index is 13.6. The molecule has 3 aromatic rings. The Labute approximate surface area is 128 Å². The van der Waals surface area contributed by atoms with Crippen LogP contribution < -0.4 is 0 Å². The first kappa shape index (κ1) is 14.2. The summed E-state index contributed by atoms with van der Waals surface area (Å²) in [5, 5.41) is 5.01. The van der Waals surface area contributed by atoms with Gasteiger partial charge in [0.2, 0.25) is 0 Å². The minimum Gasteiger partial charge on any atom is -0.250 e. The van der Waals surface area contributed by atoms with Crippen LogP contribution in [0.4, 0.5) is 8.78 Å². The Bertz CT molecular complexity index is 821. The zero-order valence-electron chi connectivity index (χ0n) is 10.8. The van der Waals surface area contributed by atoms with E-state index in [2.05, 4.69) is 15.1 Å². The summed E-state index contributed by atoms with van der Waals surface area (Å²) in [6, 6.07) is 3.31. The lowest BCUT2D eigenvalue weighted by atomic mass is 10.3. The standard InChI is InChI=1S/C13H9ClF2N4S/c1-20-13-8(5-17-20)12(14)18-11(19-13)6-21-10-4-7(15)2-3-9(10)16/h2-5H,6H2,1H3. The Morgan fingerprint density at radius 2 is 2.10 bits per heavy atom. The fourth-order valence-electron chi connectivity index (χ4n) is 1.82. The molecule has 0 saturated heterocycles. The summed E-state index contributed by atoms with van der Waals surface area (Å²) in [5.41, 5.74) is 0.602. The summed E-state index contributed by atoms with van der Waals surface area (Å²) in [5.74, 6) is -0.250. The lowest BCUT2D eigenvalue weighted by Crippen LogP contribution is -1.98. The van der Waals surface area contributed by atoms with Gasteiger partial charge in [0.05, 0.1) is 17.3 Å². The second kappa shape index (κ2) is 5.57. The fraction of sp³-hybridized carbons (Fsp3) is 0.154. The van der Waals surface area contributed by atoms with Gasteiger partial charge in [-0.3, -0.25) is 4.68 Å². The van der Waals surface area contributed by atoms with E-state index in [1.54, 1.807) is 17.9 Å². The first-order chi connectivity index (χ1) is 10.0. The maximum absolute atomic E-state index is 13.6. The molecule has 0 saturated carbocycles. The number of hydrogen-bond acceptors (Lipinski definition) is 4. The van der Waals surface area contributed by atoms with E-state index in [-0.39, 0.29) is 10.6 Å². The second-order valence-corrected chi connectivity index (χ2v) is 5.67. The molecule has 21 heavy (non-hydrogen) atoms. The van der Waals surface area contributed by atoms with E-state index in [4.69, 9.17) is 11.6 Å². The molecule has 1 aromatic carbocycles. The van der Waals surface area contributed by atoms with Crippen molar-refractivity contribution in [3.63, 3.8) is 0 Å². The SMILES string of the molecule is Cn1ncc2c(Cl)nc(CSc3cc(F)ccc3F)nc21. The molecule has 0 fully saturated rings. The summed E-state index contributed by atoms with van der Waals surface area (Å²) >= 11 is 7.18.